The maximum atomic E-state index is 13.6. The van der Waals surface area contributed by atoms with E-state index >= 15 is 0 Å². The van der Waals surface area contributed by atoms with E-state index in [2.05, 4.69) is 23.6 Å². The van der Waals surface area contributed by atoms with Gasteiger partial charge in [0.25, 0.3) is 11.2 Å². The van der Waals surface area contributed by atoms with Gasteiger partial charge in [-0.05, 0) is 50.6 Å². The van der Waals surface area contributed by atoms with Crippen LogP contribution in [-0.2, 0) is 11.3 Å². The van der Waals surface area contributed by atoms with Gasteiger partial charge in [0.15, 0.2) is 0 Å². The Morgan fingerprint density at radius 1 is 1.11 bits per heavy atom. The molecule has 10 nitrogen and oxygen atoms in total. The van der Waals surface area contributed by atoms with Gasteiger partial charge in [-0.2, -0.15) is 0 Å². The minimum atomic E-state index is -0.526. The smallest absolute Gasteiger partial charge is 0.338 e. The maximum Gasteiger partial charge on any atom is 0.338 e. The summed E-state index contributed by atoms with van der Waals surface area (Å²) in [6.07, 6.45) is 1.10. The fourth-order valence-corrected chi connectivity index (χ4v) is 4.49. The van der Waals surface area contributed by atoms with Crippen molar-refractivity contribution in [2.45, 2.75) is 39.8 Å². The third-order valence-electron chi connectivity index (χ3n) is 6.75. The molecular formula is C26H31N5O5. The van der Waals surface area contributed by atoms with Gasteiger partial charge in [-0.3, -0.25) is 29.3 Å². The van der Waals surface area contributed by atoms with Gasteiger partial charge < -0.3 is 4.74 Å². The SMILES string of the molecule is CCOC(=O)c1ccc(-n2c(CN3CCN([C@@H](C)CC)CC3)nc3ccc([N+](=O)[O-])cc3c2=O)cc1. The van der Waals surface area contributed by atoms with Crippen LogP contribution in [0.3, 0.4) is 0 Å². The number of nitro benzene ring substituents is 1. The molecule has 0 unspecified atom stereocenters. The van der Waals surface area contributed by atoms with Gasteiger partial charge in [0, 0.05) is 44.4 Å². The highest BCUT2D eigenvalue weighted by atomic mass is 16.6. The number of nitrogens with zero attached hydrogens (tertiary/aromatic N) is 5. The number of benzene rings is 2. The number of fused-ring (bicyclic) bond motifs is 1. The van der Waals surface area contributed by atoms with Crippen LogP contribution in [0.1, 0.15) is 43.4 Å². The Balaban J connectivity index is 1.74. The van der Waals surface area contributed by atoms with Crippen molar-refractivity contribution in [3.05, 3.63) is 74.3 Å². The normalized spacial score (nSPS) is 15.6. The zero-order valence-corrected chi connectivity index (χ0v) is 20.8. The lowest BCUT2D eigenvalue weighted by Crippen LogP contribution is -2.49. The number of ether oxygens (including phenoxy) is 1. The number of hydrogen-bond acceptors (Lipinski definition) is 8. The number of aromatic nitrogens is 2. The van der Waals surface area contributed by atoms with Crippen LogP contribution < -0.4 is 5.56 Å². The zero-order chi connectivity index (χ0) is 25.8. The molecule has 190 valence electrons. The Labute approximate surface area is 209 Å². The van der Waals surface area contributed by atoms with Crippen LogP contribution in [0.15, 0.2) is 47.3 Å². The van der Waals surface area contributed by atoms with Crippen molar-refractivity contribution in [2.24, 2.45) is 0 Å². The Hall–Kier alpha value is -3.63. The van der Waals surface area contributed by atoms with E-state index in [0.29, 0.717) is 35.2 Å². The van der Waals surface area contributed by atoms with Crippen molar-refractivity contribution in [3.63, 3.8) is 0 Å². The summed E-state index contributed by atoms with van der Waals surface area (Å²) >= 11 is 0. The molecule has 0 amide bonds. The van der Waals surface area contributed by atoms with Crippen molar-refractivity contribution in [2.75, 3.05) is 32.8 Å². The van der Waals surface area contributed by atoms with Gasteiger partial charge in [-0.25, -0.2) is 9.78 Å². The predicted octanol–water partition coefficient (Wildman–Crippen LogP) is 3.39. The van der Waals surface area contributed by atoms with Crippen LogP contribution in [0.2, 0.25) is 0 Å². The van der Waals surface area contributed by atoms with E-state index in [-0.39, 0.29) is 23.2 Å². The molecule has 0 saturated carbocycles. The van der Waals surface area contributed by atoms with E-state index in [1.54, 1.807) is 31.2 Å². The van der Waals surface area contributed by atoms with Crippen molar-refractivity contribution >= 4 is 22.6 Å². The van der Waals surface area contributed by atoms with Crippen LogP contribution in [0, 0.1) is 10.1 Å². The summed E-state index contributed by atoms with van der Waals surface area (Å²) in [5.74, 6) is 0.102. The molecule has 2 aromatic carbocycles. The lowest BCUT2D eigenvalue weighted by molar-refractivity contribution is -0.384. The molecule has 1 fully saturated rings. The molecule has 0 spiro atoms. The van der Waals surface area contributed by atoms with Crippen molar-refractivity contribution < 1.29 is 14.5 Å². The number of piperazine rings is 1. The lowest BCUT2D eigenvalue weighted by Gasteiger charge is -2.37. The van der Waals surface area contributed by atoms with Crippen LogP contribution in [0.5, 0.6) is 0 Å². The Kier molecular flexibility index (Phi) is 7.76. The quantitative estimate of drug-likeness (QED) is 0.267. The van der Waals surface area contributed by atoms with Gasteiger partial charge in [0.1, 0.15) is 5.82 Å². The minimum absolute atomic E-state index is 0.167. The Morgan fingerprint density at radius 2 is 1.81 bits per heavy atom. The van der Waals surface area contributed by atoms with E-state index < -0.39 is 10.9 Å². The molecular weight excluding hydrogens is 462 g/mol. The molecule has 1 atom stereocenters. The monoisotopic (exact) mass is 493 g/mol. The third kappa shape index (κ3) is 5.29. The predicted molar refractivity (Wildman–Crippen MR) is 137 cm³/mol. The zero-order valence-electron chi connectivity index (χ0n) is 20.8. The van der Waals surface area contributed by atoms with Gasteiger partial charge in [-0.15, -0.1) is 0 Å². The molecule has 1 aliphatic heterocycles. The molecule has 1 saturated heterocycles. The Bertz CT molecular complexity index is 1310. The highest BCUT2D eigenvalue weighted by Gasteiger charge is 2.23. The molecule has 0 N–H and O–H groups in total. The van der Waals surface area contributed by atoms with E-state index in [0.717, 1.165) is 32.6 Å². The third-order valence-corrected chi connectivity index (χ3v) is 6.75. The number of rotatable bonds is 8. The molecule has 0 aliphatic carbocycles. The highest BCUT2D eigenvalue weighted by Crippen LogP contribution is 2.21. The first-order chi connectivity index (χ1) is 17.3. The first-order valence-electron chi connectivity index (χ1n) is 12.3. The molecule has 0 bridgehead atoms. The number of non-ortho nitro benzene ring substituents is 1. The maximum absolute atomic E-state index is 13.6. The summed E-state index contributed by atoms with van der Waals surface area (Å²) in [7, 11) is 0. The van der Waals surface area contributed by atoms with Crippen molar-refractivity contribution in [1.82, 2.24) is 19.4 Å². The largest absolute Gasteiger partial charge is 0.462 e. The number of carbonyl (C=O) groups excluding carboxylic acids is 1. The number of carbonyl (C=O) groups is 1. The van der Waals surface area contributed by atoms with Crippen LogP contribution in [-0.4, -0.2) is 69.1 Å². The second kappa shape index (κ2) is 11.0. The fourth-order valence-electron chi connectivity index (χ4n) is 4.49. The molecule has 3 aromatic rings. The van der Waals surface area contributed by atoms with E-state index in [9.17, 15) is 19.7 Å². The molecule has 2 heterocycles. The van der Waals surface area contributed by atoms with Crippen LogP contribution in [0.25, 0.3) is 16.6 Å². The van der Waals surface area contributed by atoms with Crippen LogP contribution >= 0.6 is 0 Å². The van der Waals surface area contributed by atoms with Crippen molar-refractivity contribution in [3.8, 4) is 5.69 Å². The van der Waals surface area contributed by atoms with Gasteiger partial charge in [-0.1, -0.05) is 6.92 Å². The highest BCUT2D eigenvalue weighted by molar-refractivity contribution is 5.89. The summed E-state index contributed by atoms with van der Waals surface area (Å²) in [5, 5.41) is 11.5. The number of hydrogen-bond donors (Lipinski definition) is 0. The van der Waals surface area contributed by atoms with Gasteiger partial charge in [0.05, 0.1) is 40.2 Å². The molecule has 4 rings (SSSR count). The first kappa shape index (κ1) is 25.5. The standard InChI is InChI=1S/C26H31N5O5/c1-4-18(3)29-14-12-28(13-15-29)17-24-27-23-11-10-21(31(34)35)16-22(23)25(32)30(24)20-8-6-19(7-9-20)26(33)36-5-2/h6-11,16,18H,4-5,12-15,17H2,1-3H3/t18-/m0/s1. The first-order valence-corrected chi connectivity index (χ1v) is 12.3. The van der Waals surface area contributed by atoms with Crippen molar-refractivity contribution in [1.29, 1.82) is 0 Å². The lowest BCUT2D eigenvalue weighted by atomic mass is 10.1. The second-order valence-corrected chi connectivity index (χ2v) is 8.96. The fraction of sp³-hybridized carbons (Fsp3) is 0.423. The summed E-state index contributed by atoms with van der Waals surface area (Å²) < 4.78 is 6.54. The van der Waals surface area contributed by atoms with E-state index in [1.165, 1.54) is 22.8 Å². The molecule has 1 aromatic heterocycles. The number of esters is 1. The molecule has 10 heteroatoms. The average Bonchev–Trinajstić information content (AvgIpc) is 2.89. The number of nitro groups is 1. The summed E-state index contributed by atoms with van der Waals surface area (Å²) in [6, 6.07) is 11.2. The van der Waals surface area contributed by atoms with Gasteiger partial charge in [0.2, 0.25) is 0 Å². The minimum Gasteiger partial charge on any atom is -0.462 e. The molecule has 36 heavy (non-hydrogen) atoms. The summed E-state index contributed by atoms with van der Waals surface area (Å²) in [5.41, 5.74) is 0.765. The second-order valence-electron chi connectivity index (χ2n) is 8.96. The van der Waals surface area contributed by atoms with E-state index in [4.69, 9.17) is 9.72 Å². The molecule has 1 aliphatic rings. The summed E-state index contributed by atoms with van der Waals surface area (Å²) in [4.78, 5) is 46.0. The molecule has 0 radical (unpaired) electrons. The van der Waals surface area contributed by atoms with Gasteiger partial charge >= 0.3 is 5.97 Å². The summed E-state index contributed by atoms with van der Waals surface area (Å²) in [6.45, 7) is 10.4. The van der Waals surface area contributed by atoms with E-state index in [1.807, 2.05) is 0 Å². The average molecular weight is 494 g/mol. The Morgan fingerprint density at radius 3 is 2.42 bits per heavy atom. The van der Waals surface area contributed by atoms with Crippen LogP contribution in [0.4, 0.5) is 5.69 Å². The topological polar surface area (TPSA) is 111 Å².